The largest absolute Gasteiger partial charge is 0.428 e. The minimum atomic E-state index is -0.566. The van der Waals surface area contributed by atoms with E-state index in [1.807, 2.05) is 35.0 Å². The van der Waals surface area contributed by atoms with Gasteiger partial charge in [0.2, 0.25) is 6.79 Å². The molecule has 1 aromatic heterocycles. The Morgan fingerprint density at radius 1 is 1.24 bits per heavy atom. The Morgan fingerprint density at radius 3 is 2.72 bits per heavy atom. The summed E-state index contributed by atoms with van der Waals surface area (Å²) in [5, 5.41) is 2.83. The average molecular weight is 343 g/mol. The van der Waals surface area contributed by atoms with Crippen LogP contribution in [0.25, 0.3) is 6.08 Å². The van der Waals surface area contributed by atoms with E-state index in [2.05, 4.69) is 10.3 Å². The van der Waals surface area contributed by atoms with Gasteiger partial charge >= 0.3 is 11.9 Å². The molecule has 0 atom stereocenters. The molecule has 1 aromatic carbocycles. The lowest BCUT2D eigenvalue weighted by Crippen LogP contribution is -2.17. The minimum Gasteiger partial charge on any atom is -0.428 e. The predicted molar refractivity (Wildman–Crippen MR) is 92.4 cm³/mol. The third-order valence-electron chi connectivity index (χ3n) is 3.32. The van der Waals surface area contributed by atoms with Gasteiger partial charge in [-0.1, -0.05) is 24.3 Å². The monoisotopic (exact) mass is 343 g/mol. The Balaban J connectivity index is 1.73. The molecule has 7 nitrogen and oxygen atoms in total. The summed E-state index contributed by atoms with van der Waals surface area (Å²) in [6, 6.07) is 7.78. The van der Waals surface area contributed by atoms with Crippen LogP contribution < -0.4 is 5.32 Å². The van der Waals surface area contributed by atoms with Crippen LogP contribution >= 0.6 is 0 Å². The Labute approximate surface area is 146 Å². The van der Waals surface area contributed by atoms with Crippen LogP contribution in [0.5, 0.6) is 0 Å². The number of benzene rings is 1. The zero-order valence-corrected chi connectivity index (χ0v) is 14.1. The van der Waals surface area contributed by atoms with Crippen molar-refractivity contribution in [2.24, 2.45) is 0 Å². The second kappa shape index (κ2) is 10.0. The van der Waals surface area contributed by atoms with E-state index in [0.29, 0.717) is 6.54 Å². The molecule has 132 valence electrons. The first-order valence-electron chi connectivity index (χ1n) is 7.87. The van der Waals surface area contributed by atoms with Gasteiger partial charge in [0.25, 0.3) is 0 Å². The van der Waals surface area contributed by atoms with E-state index < -0.39 is 11.9 Å². The van der Waals surface area contributed by atoms with Crippen LogP contribution in [0.15, 0.2) is 49.1 Å². The zero-order valence-electron chi connectivity index (χ0n) is 14.1. The van der Waals surface area contributed by atoms with Crippen LogP contribution in [0, 0.1) is 0 Å². The number of rotatable bonds is 9. The molecule has 0 aliphatic rings. The Morgan fingerprint density at radius 2 is 2.04 bits per heavy atom. The molecule has 2 rings (SSSR count). The van der Waals surface area contributed by atoms with Crippen molar-refractivity contribution in [3.63, 3.8) is 0 Å². The molecule has 0 saturated heterocycles. The molecular formula is C18H21N3O4. The van der Waals surface area contributed by atoms with Gasteiger partial charge in [0.15, 0.2) is 0 Å². The highest BCUT2D eigenvalue weighted by Gasteiger charge is 2.03. The standard InChI is InChI=1S/C18H21N3O4/c1-19-9-8-18(23)25-14-24-17(22)7-6-15-2-4-16(5-3-15)12-21-11-10-20-13-21/h2-7,10-11,13,19H,8-9,12,14H2,1H3/b7-6+. The van der Waals surface area contributed by atoms with Gasteiger partial charge in [0.05, 0.1) is 12.7 Å². The summed E-state index contributed by atoms with van der Waals surface area (Å²) in [5.41, 5.74) is 2.00. The number of hydrogen-bond donors (Lipinski definition) is 1. The molecule has 1 heterocycles. The van der Waals surface area contributed by atoms with Crippen molar-refractivity contribution < 1.29 is 19.1 Å². The number of nitrogens with zero attached hydrogens (tertiary/aromatic N) is 2. The zero-order chi connectivity index (χ0) is 17.9. The summed E-state index contributed by atoms with van der Waals surface area (Å²) in [5.74, 6) is -0.983. The number of carbonyl (C=O) groups is 2. The van der Waals surface area contributed by atoms with Gasteiger partial charge in [-0.25, -0.2) is 9.78 Å². The normalized spacial score (nSPS) is 10.8. The maximum Gasteiger partial charge on any atom is 0.333 e. The van der Waals surface area contributed by atoms with Gasteiger partial charge in [-0.3, -0.25) is 4.79 Å². The second-order valence-electron chi connectivity index (χ2n) is 5.26. The van der Waals surface area contributed by atoms with Crippen molar-refractivity contribution in [3.05, 3.63) is 60.2 Å². The van der Waals surface area contributed by atoms with Crippen LogP contribution in [0.1, 0.15) is 17.5 Å². The summed E-state index contributed by atoms with van der Waals surface area (Å²) in [7, 11) is 1.74. The number of aromatic nitrogens is 2. The Bertz CT molecular complexity index is 694. The number of ether oxygens (including phenoxy) is 2. The molecule has 7 heteroatoms. The van der Waals surface area contributed by atoms with E-state index in [1.165, 1.54) is 6.08 Å². The van der Waals surface area contributed by atoms with Crippen molar-refractivity contribution in [1.82, 2.24) is 14.9 Å². The van der Waals surface area contributed by atoms with Crippen molar-refractivity contribution in [3.8, 4) is 0 Å². The predicted octanol–water partition coefficient (Wildman–Crippen LogP) is 1.60. The van der Waals surface area contributed by atoms with Gasteiger partial charge < -0.3 is 19.4 Å². The first kappa shape index (κ1) is 18.4. The van der Waals surface area contributed by atoms with Gasteiger partial charge in [0.1, 0.15) is 0 Å². The first-order valence-corrected chi connectivity index (χ1v) is 7.87. The topological polar surface area (TPSA) is 82.5 Å². The molecule has 0 fully saturated rings. The minimum absolute atomic E-state index is 0.231. The summed E-state index contributed by atoms with van der Waals surface area (Å²) in [6.07, 6.45) is 8.57. The van der Waals surface area contributed by atoms with Gasteiger partial charge in [-0.2, -0.15) is 0 Å². The van der Waals surface area contributed by atoms with Crippen LogP contribution in [0.4, 0.5) is 0 Å². The maximum absolute atomic E-state index is 11.6. The quantitative estimate of drug-likeness (QED) is 0.423. The van der Waals surface area contributed by atoms with Crippen molar-refractivity contribution >= 4 is 18.0 Å². The van der Waals surface area contributed by atoms with Crippen LogP contribution in [-0.4, -0.2) is 41.9 Å². The highest BCUT2D eigenvalue weighted by atomic mass is 16.7. The van der Waals surface area contributed by atoms with Crippen LogP contribution in [0.3, 0.4) is 0 Å². The molecule has 0 saturated carbocycles. The molecule has 0 aliphatic heterocycles. The van der Waals surface area contributed by atoms with Crippen LogP contribution in [-0.2, 0) is 25.6 Å². The first-order chi connectivity index (χ1) is 12.2. The molecule has 0 unspecified atom stereocenters. The molecule has 0 aliphatic carbocycles. The van der Waals surface area contributed by atoms with Gasteiger partial charge in [0, 0.05) is 31.6 Å². The van der Waals surface area contributed by atoms with E-state index in [9.17, 15) is 9.59 Å². The Hall–Kier alpha value is -2.93. The molecule has 0 bridgehead atoms. The van der Waals surface area contributed by atoms with Crippen molar-refractivity contribution in [2.75, 3.05) is 20.4 Å². The molecule has 2 aromatic rings. The number of esters is 2. The van der Waals surface area contributed by atoms with Gasteiger partial charge in [-0.05, 0) is 24.3 Å². The summed E-state index contributed by atoms with van der Waals surface area (Å²) >= 11 is 0. The number of nitrogens with one attached hydrogen (secondary N) is 1. The second-order valence-corrected chi connectivity index (χ2v) is 5.26. The number of hydrogen-bond acceptors (Lipinski definition) is 6. The van der Waals surface area contributed by atoms with Crippen LogP contribution in [0.2, 0.25) is 0 Å². The third kappa shape index (κ3) is 7.01. The van der Waals surface area contributed by atoms with Crippen molar-refractivity contribution in [1.29, 1.82) is 0 Å². The average Bonchev–Trinajstić information content (AvgIpc) is 3.12. The fourth-order valence-corrected chi connectivity index (χ4v) is 1.99. The fourth-order valence-electron chi connectivity index (χ4n) is 1.99. The highest BCUT2D eigenvalue weighted by Crippen LogP contribution is 2.08. The van der Waals surface area contributed by atoms with E-state index in [0.717, 1.165) is 17.7 Å². The molecule has 0 radical (unpaired) electrons. The number of carbonyl (C=O) groups excluding carboxylic acids is 2. The summed E-state index contributed by atoms with van der Waals surface area (Å²) < 4.78 is 11.6. The van der Waals surface area contributed by atoms with E-state index in [1.54, 1.807) is 25.6 Å². The lowest BCUT2D eigenvalue weighted by Gasteiger charge is -2.04. The molecule has 1 N–H and O–H groups in total. The fraction of sp³-hybridized carbons (Fsp3) is 0.278. The summed E-state index contributed by atoms with van der Waals surface area (Å²) in [6.45, 7) is 0.879. The molecule has 25 heavy (non-hydrogen) atoms. The van der Waals surface area contributed by atoms with E-state index >= 15 is 0 Å². The Kier molecular flexibility index (Phi) is 7.40. The third-order valence-corrected chi connectivity index (χ3v) is 3.32. The molecule has 0 amide bonds. The van der Waals surface area contributed by atoms with E-state index in [4.69, 9.17) is 9.47 Å². The lowest BCUT2D eigenvalue weighted by atomic mass is 10.1. The molecule has 0 spiro atoms. The maximum atomic E-state index is 11.6. The summed E-state index contributed by atoms with van der Waals surface area (Å²) in [4.78, 5) is 26.8. The van der Waals surface area contributed by atoms with E-state index in [-0.39, 0.29) is 13.2 Å². The van der Waals surface area contributed by atoms with Gasteiger partial charge in [-0.15, -0.1) is 0 Å². The highest BCUT2D eigenvalue weighted by molar-refractivity contribution is 5.87. The SMILES string of the molecule is CNCCC(=O)OCOC(=O)/C=C/c1ccc(Cn2ccnc2)cc1. The van der Waals surface area contributed by atoms with Crippen molar-refractivity contribution in [2.45, 2.75) is 13.0 Å². The number of imidazole rings is 1. The lowest BCUT2D eigenvalue weighted by molar-refractivity contribution is -0.163. The molecular weight excluding hydrogens is 322 g/mol. The smallest absolute Gasteiger partial charge is 0.333 e.